The van der Waals surface area contributed by atoms with Crippen molar-refractivity contribution < 1.29 is 14.3 Å². The highest BCUT2D eigenvalue weighted by atomic mass is 32.2. The van der Waals surface area contributed by atoms with Gasteiger partial charge in [0.25, 0.3) is 11.5 Å². The largest absolute Gasteiger partial charge is 0.378 e. The molecule has 0 unspecified atom stereocenters. The Kier molecular flexibility index (Phi) is 6.67. The van der Waals surface area contributed by atoms with Gasteiger partial charge in [-0.25, -0.2) is 4.98 Å². The number of thioether (sulfide) groups is 1. The Morgan fingerprint density at radius 2 is 1.76 bits per heavy atom. The van der Waals surface area contributed by atoms with E-state index in [-0.39, 0.29) is 23.0 Å². The maximum Gasteiger partial charge on any atom is 0.266 e. The Morgan fingerprint density at radius 1 is 1.06 bits per heavy atom. The summed E-state index contributed by atoms with van der Waals surface area (Å²) < 4.78 is 6.87. The number of ketones is 1. The lowest BCUT2D eigenvalue weighted by atomic mass is 9.92. The monoisotopic (exact) mass is 465 g/mol. The fourth-order valence-electron chi connectivity index (χ4n) is 3.50. The number of carbonyl (C=O) groups excluding carboxylic acids is 2. The first-order valence-electron chi connectivity index (χ1n) is 10.9. The van der Waals surface area contributed by atoms with Gasteiger partial charge in [0.2, 0.25) is 0 Å². The molecule has 2 heterocycles. The zero-order valence-electron chi connectivity index (χ0n) is 19.0. The van der Waals surface area contributed by atoms with Crippen LogP contribution in [0.15, 0.2) is 58.5 Å². The molecule has 172 valence electrons. The second-order valence-corrected chi connectivity index (χ2v) is 9.91. The minimum absolute atomic E-state index is 0.0673. The van der Waals surface area contributed by atoms with Gasteiger partial charge in [-0.05, 0) is 30.3 Å². The summed E-state index contributed by atoms with van der Waals surface area (Å²) in [5, 5.41) is 0.844. The Morgan fingerprint density at radius 3 is 2.42 bits per heavy atom. The van der Waals surface area contributed by atoms with Crippen LogP contribution in [0.4, 0.5) is 0 Å². The standard InChI is InChI=1S/C25H27N3O4S/c1-25(2,3)21(29)16-33-24-26-20-15-17(22(30)27-11-13-32-14-12-27)9-10-19(20)23(31)28(24)18-7-5-4-6-8-18/h4-10,15H,11-14,16H2,1-3H3. The molecular weight excluding hydrogens is 438 g/mol. The van der Waals surface area contributed by atoms with E-state index in [1.807, 2.05) is 51.1 Å². The van der Waals surface area contributed by atoms with Crippen molar-refractivity contribution in [1.82, 2.24) is 14.5 Å². The van der Waals surface area contributed by atoms with E-state index in [0.29, 0.717) is 53.6 Å². The maximum absolute atomic E-state index is 13.5. The molecule has 1 amide bonds. The number of para-hydroxylation sites is 1. The van der Waals surface area contributed by atoms with E-state index < -0.39 is 5.41 Å². The predicted molar refractivity (Wildman–Crippen MR) is 129 cm³/mol. The number of rotatable bonds is 5. The number of Topliss-reactive ketones (excluding diaryl/α,β-unsaturated/α-hetero) is 1. The average molecular weight is 466 g/mol. The molecule has 0 bridgehead atoms. The number of amides is 1. The van der Waals surface area contributed by atoms with Crippen molar-refractivity contribution in [3.63, 3.8) is 0 Å². The highest BCUT2D eigenvalue weighted by molar-refractivity contribution is 7.99. The molecule has 1 saturated heterocycles. The number of aromatic nitrogens is 2. The summed E-state index contributed by atoms with van der Waals surface area (Å²) in [4.78, 5) is 45.5. The number of nitrogens with zero attached hydrogens (tertiary/aromatic N) is 3. The maximum atomic E-state index is 13.5. The third-order valence-corrected chi connectivity index (χ3v) is 6.51. The first-order valence-corrected chi connectivity index (χ1v) is 11.9. The minimum Gasteiger partial charge on any atom is -0.378 e. The van der Waals surface area contributed by atoms with Crippen LogP contribution in [0.3, 0.4) is 0 Å². The number of morpholine rings is 1. The van der Waals surface area contributed by atoms with Gasteiger partial charge in [-0.3, -0.25) is 19.0 Å². The van der Waals surface area contributed by atoms with E-state index in [9.17, 15) is 14.4 Å². The van der Waals surface area contributed by atoms with E-state index in [4.69, 9.17) is 9.72 Å². The van der Waals surface area contributed by atoms with Crippen molar-refractivity contribution in [2.45, 2.75) is 25.9 Å². The van der Waals surface area contributed by atoms with Gasteiger partial charge in [0.1, 0.15) is 5.78 Å². The molecule has 0 N–H and O–H groups in total. The predicted octanol–water partition coefficient (Wildman–Crippen LogP) is 3.57. The lowest BCUT2D eigenvalue weighted by molar-refractivity contribution is -0.123. The molecule has 1 fully saturated rings. The van der Waals surface area contributed by atoms with Crippen molar-refractivity contribution in [1.29, 1.82) is 0 Å². The lowest BCUT2D eigenvalue weighted by Gasteiger charge is -2.26. The van der Waals surface area contributed by atoms with Gasteiger partial charge < -0.3 is 9.64 Å². The summed E-state index contributed by atoms with van der Waals surface area (Å²) in [6.45, 7) is 7.72. The summed E-state index contributed by atoms with van der Waals surface area (Å²) in [7, 11) is 0. The highest BCUT2D eigenvalue weighted by Crippen LogP contribution is 2.25. The summed E-state index contributed by atoms with van der Waals surface area (Å²) in [5.41, 5.74) is 0.880. The van der Waals surface area contributed by atoms with Crippen molar-refractivity contribution >= 4 is 34.4 Å². The van der Waals surface area contributed by atoms with Crippen LogP contribution in [0.1, 0.15) is 31.1 Å². The number of benzene rings is 2. The van der Waals surface area contributed by atoms with Gasteiger partial charge in [-0.2, -0.15) is 0 Å². The summed E-state index contributed by atoms with van der Waals surface area (Å²) in [6.07, 6.45) is 0. The van der Waals surface area contributed by atoms with Crippen LogP contribution >= 0.6 is 11.8 Å². The van der Waals surface area contributed by atoms with Crippen molar-refractivity contribution in [3.05, 3.63) is 64.4 Å². The molecule has 0 radical (unpaired) electrons. The number of hydrogen-bond acceptors (Lipinski definition) is 6. The third-order valence-electron chi connectivity index (χ3n) is 5.57. The topological polar surface area (TPSA) is 81.5 Å². The Balaban J connectivity index is 1.78. The smallest absolute Gasteiger partial charge is 0.266 e. The zero-order chi connectivity index (χ0) is 23.6. The summed E-state index contributed by atoms with van der Waals surface area (Å²) in [6, 6.07) is 14.3. The molecular formula is C25H27N3O4S. The molecule has 0 spiro atoms. The van der Waals surface area contributed by atoms with Gasteiger partial charge in [-0.1, -0.05) is 50.7 Å². The molecule has 0 atom stereocenters. The van der Waals surface area contributed by atoms with Gasteiger partial charge in [0, 0.05) is 24.1 Å². The highest BCUT2D eigenvalue weighted by Gasteiger charge is 2.24. The van der Waals surface area contributed by atoms with Gasteiger partial charge in [0.15, 0.2) is 5.16 Å². The van der Waals surface area contributed by atoms with Crippen LogP contribution in [0.25, 0.3) is 16.6 Å². The third kappa shape index (κ3) is 5.02. The Labute approximate surface area is 196 Å². The second kappa shape index (κ2) is 9.49. The van der Waals surface area contributed by atoms with Crippen molar-refractivity contribution in [2.75, 3.05) is 32.1 Å². The molecule has 1 aliphatic rings. The fraction of sp³-hybridized carbons (Fsp3) is 0.360. The van der Waals surface area contributed by atoms with Gasteiger partial charge in [0.05, 0.1) is 35.6 Å². The number of carbonyl (C=O) groups is 2. The van der Waals surface area contributed by atoms with Crippen molar-refractivity contribution in [2.24, 2.45) is 5.41 Å². The van der Waals surface area contributed by atoms with Gasteiger partial charge in [-0.15, -0.1) is 0 Å². The van der Waals surface area contributed by atoms with E-state index in [1.165, 1.54) is 16.3 Å². The molecule has 4 rings (SSSR count). The van der Waals surface area contributed by atoms with Crippen LogP contribution in [0.5, 0.6) is 0 Å². The Bertz CT molecular complexity index is 1240. The van der Waals surface area contributed by atoms with Crippen LogP contribution in [-0.2, 0) is 9.53 Å². The number of fused-ring (bicyclic) bond motifs is 1. The van der Waals surface area contributed by atoms with E-state index in [2.05, 4.69) is 0 Å². The molecule has 0 aliphatic carbocycles. The average Bonchev–Trinajstić information content (AvgIpc) is 2.82. The van der Waals surface area contributed by atoms with E-state index in [0.717, 1.165) is 0 Å². The number of hydrogen-bond donors (Lipinski definition) is 0. The van der Waals surface area contributed by atoms with E-state index in [1.54, 1.807) is 23.1 Å². The molecule has 2 aromatic carbocycles. The quantitative estimate of drug-likeness (QED) is 0.423. The lowest BCUT2D eigenvalue weighted by Crippen LogP contribution is -2.40. The van der Waals surface area contributed by atoms with Crippen LogP contribution in [-0.4, -0.2) is 58.2 Å². The zero-order valence-corrected chi connectivity index (χ0v) is 19.9. The molecule has 7 nitrogen and oxygen atoms in total. The molecule has 3 aromatic rings. The summed E-state index contributed by atoms with van der Waals surface area (Å²) in [5.74, 6) is 0.157. The second-order valence-electron chi connectivity index (χ2n) is 8.97. The van der Waals surface area contributed by atoms with Crippen LogP contribution < -0.4 is 5.56 Å². The van der Waals surface area contributed by atoms with Crippen LogP contribution in [0, 0.1) is 5.41 Å². The molecule has 33 heavy (non-hydrogen) atoms. The van der Waals surface area contributed by atoms with Crippen LogP contribution in [0.2, 0.25) is 0 Å². The van der Waals surface area contributed by atoms with Crippen molar-refractivity contribution in [3.8, 4) is 5.69 Å². The molecule has 0 saturated carbocycles. The van der Waals surface area contributed by atoms with E-state index >= 15 is 0 Å². The van der Waals surface area contributed by atoms with Gasteiger partial charge >= 0.3 is 0 Å². The fourth-order valence-corrected chi connectivity index (χ4v) is 4.67. The first kappa shape index (κ1) is 23.2. The molecule has 8 heteroatoms. The normalized spacial score (nSPS) is 14.5. The molecule has 1 aliphatic heterocycles. The minimum atomic E-state index is -0.487. The molecule has 1 aromatic heterocycles. The SMILES string of the molecule is CC(C)(C)C(=O)CSc1nc2cc(C(=O)N3CCOCC3)ccc2c(=O)n1-c1ccccc1. The summed E-state index contributed by atoms with van der Waals surface area (Å²) >= 11 is 1.24. The first-order chi connectivity index (χ1) is 15.8. The number of ether oxygens (including phenoxy) is 1. The Hall–Kier alpha value is -2.97.